The highest BCUT2D eigenvalue weighted by Gasteiger charge is 2.22. The smallest absolute Gasteiger partial charge is 0.250 e. The molecule has 4 rings (SSSR count). The fourth-order valence-corrected chi connectivity index (χ4v) is 4.22. The van der Waals surface area contributed by atoms with E-state index in [2.05, 4.69) is 0 Å². The van der Waals surface area contributed by atoms with Crippen LogP contribution in [0.25, 0.3) is 11.1 Å². The van der Waals surface area contributed by atoms with Gasteiger partial charge in [-0.05, 0) is 41.3 Å². The quantitative estimate of drug-likeness (QED) is 0.555. The molecule has 1 aromatic heterocycles. The molecule has 0 saturated heterocycles. The van der Waals surface area contributed by atoms with E-state index in [0.717, 1.165) is 27.8 Å². The van der Waals surface area contributed by atoms with Crippen LogP contribution in [0.5, 0.6) is 5.75 Å². The van der Waals surface area contributed by atoms with Crippen LogP contribution in [0.15, 0.2) is 58.4 Å². The van der Waals surface area contributed by atoms with Gasteiger partial charge in [0, 0.05) is 41.3 Å². The minimum absolute atomic E-state index is 0.116. The van der Waals surface area contributed by atoms with Crippen LogP contribution in [-0.4, -0.2) is 31.4 Å². The summed E-state index contributed by atoms with van der Waals surface area (Å²) in [4.78, 5) is 17.0. The van der Waals surface area contributed by atoms with Crippen LogP contribution < -0.4 is 10.3 Å². The number of rotatable bonds is 5. The largest absolute Gasteiger partial charge is 0.772 e. The lowest BCUT2D eigenvalue weighted by atomic mass is 9.90. The molecule has 2 unspecified atom stereocenters. The van der Waals surface area contributed by atoms with Crippen LogP contribution in [0.2, 0.25) is 0 Å². The molecule has 3 aromatic rings. The lowest BCUT2D eigenvalue weighted by Gasteiger charge is -2.18. The Morgan fingerprint density at radius 2 is 1.97 bits per heavy atom. The first-order chi connectivity index (χ1) is 15.3. The molecule has 166 valence electrons. The molecule has 2 atom stereocenters. The summed E-state index contributed by atoms with van der Waals surface area (Å²) in [7, 11) is 3.09. The molecule has 0 saturated carbocycles. The molecule has 2 aromatic carbocycles. The summed E-state index contributed by atoms with van der Waals surface area (Å²) in [6.45, 7) is 1.94. The topological polar surface area (TPSA) is 83.7 Å². The van der Waals surface area contributed by atoms with Crippen LogP contribution in [0.1, 0.15) is 29.2 Å². The fourth-order valence-electron chi connectivity index (χ4n) is 3.89. The average molecular weight is 454 g/mol. The van der Waals surface area contributed by atoms with Gasteiger partial charge in [-0.1, -0.05) is 36.2 Å². The summed E-state index contributed by atoms with van der Waals surface area (Å²) < 4.78 is 43.4. The average Bonchev–Trinajstić information content (AvgIpc) is 2.91. The van der Waals surface area contributed by atoms with Crippen molar-refractivity contribution in [3.63, 3.8) is 0 Å². The molecule has 0 bridgehead atoms. The van der Waals surface area contributed by atoms with Gasteiger partial charge in [-0.25, -0.2) is 4.39 Å². The maximum atomic E-state index is 14.0. The van der Waals surface area contributed by atoms with Crippen LogP contribution in [0.4, 0.5) is 4.39 Å². The molecular formula is C24H22FN2O4S-. The zero-order chi connectivity index (χ0) is 23.0. The van der Waals surface area contributed by atoms with Crippen molar-refractivity contribution < 1.29 is 17.9 Å². The van der Waals surface area contributed by atoms with E-state index in [1.807, 2.05) is 18.2 Å². The van der Waals surface area contributed by atoms with E-state index in [9.17, 15) is 17.9 Å². The van der Waals surface area contributed by atoms with Gasteiger partial charge < -0.3 is 13.9 Å². The Morgan fingerprint density at radius 3 is 2.69 bits per heavy atom. The number of benzene rings is 2. The third kappa shape index (κ3) is 4.16. The van der Waals surface area contributed by atoms with Crippen molar-refractivity contribution in [2.45, 2.75) is 25.1 Å². The third-order valence-corrected chi connectivity index (χ3v) is 6.45. The lowest BCUT2D eigenvalue weighted by Crippen LogP contribution is -2.16. The number of methoxy groups -OCH3 is 1. The van der Waals surface area contributed by atoms with Gasteiger partial charge in [0.2, 0.25) is 0 Å². The van der Waals surface area contributed by atoms with Crippen molar-refractivity contribution in [1.29, 1.82) is 0 Å². The van der Waals surface area contributed by atoms with Gasteiger partial charge in [-0.3, -0.25) is 14.0 Å². The molecule has 0 radical (unpaired) electrons. The van der Waals surface area contributed by atoms with E-state index in [1.165, 1.54) is 17.7 Å². The van der Waals surface area contributed by atoms with Crippen molar-refractivity contribution >= 4 is 16.8 Å². The standard InChI is InChI=1S/C24H23FN2O4S/c1-14(32(29)30)8-15-4-6-18-19(9-15)20-13-27(2)23(28)11-17(20)12-26-24(18)16-5-7-21(25)22(10-16)31-3/h4-7,9-11,13-14H,8,12H2,1-3H3,(H,29,30)/p-1. The SMILES string of the molecule is COc1cc(C2=NCc3cc(=O)n(C)cc3-c3cc(CC(C)S(=O)[O-])ccc32)ccc1F. The summed E-state index contributed by atoms with van der Waals surface area (Å²) in [5.74, 6) is -0.350. The number of fused-ring (bicyclic) bond motifs is 3. The van der Waals surface area contributed by atoms with Crippen molar-refractivity contribution in [2.24, 2.45) is 12.0 Å². The van der Waals surface area contributed by atoms with Crippen LogP contribution in [0.3, 0.4) is 0 Å². The van der Waals surface area contributed by atoms with E-state index in [0.29, 0.717) is 17.7 Å². The van der Waals surface area contributed by atoms with E-state index in [-0.39, 0.29) is 17.9 Å². The first kappa shape index (κ1) is 22.1. The number of aromatic nitrogens is 1. The molecule has 0 spiro atoms. The molecule has 0 N–H and O–H groups in total. The first-order valence-electron chi connectivity index (χ1n) is 10.1. The second kappa shape index (κ2) is 8.80. The fraction of sp³-hybridized carbons (Fsp3) is 0.250. The Morgan fingerprint density at radius 1 is 1.19 bits per heavy atom. The molecule has 8 heteroatoms. The molecule has 0 fully saturated rings. The molecule has 0 amide bonds. The summed E-state index contributed by atoms with van der Waals surface area (Å²) >= 11 is -2.18. The lowest BCUT2D eigenvalue weighted by molar-refractivity contribution is 0.386. The van der Waals surface area contributed by atoms with Crippen molar-refractivity contribution in [3.8, 4) is 16.9 Å². The number of ether oxygens (including phenoxy) is 1. The highest BCUT2D eigenvalue weighted by atomic mass is 32.2. The highest BCUT2D eigenvalue weighted by Crippen LogP contribution is 2.34. The Hall–Kier alpha value is -3.10. The predicted octanol–water partition coefficient (Wildman–Crippen LogP) is 3.36. The number of hydrogen-bond acceptors (Lipinski definition) is 5. The number of pyridine rings is 1. The summed E-state index contributed by atoms with van der Waals surface area (Å²) in [5, 5.41) is -0.534. The van der Waals surface area contributed by atoms with Crippen LogP contribution >= 0.6 is 0 Å². The van der Waals surface area contributed by atoms with E-state index < -0.39 is 22.1 Å². The number of hydrogen-bond donors (Lipinski definition) is 0. The van der Waals surface area contributed by atoms with Crippen molar-refractivity contribution in [3.05, 3.63) is 87.1 Å². The third-order valence-electron chi connectivity index (χ3n) is 5.63. The Bertz CT molecular complexity index is 1320. The zero-order valence-corrected chi connectivity index (χ0v) is 18.7. The number of aryl methyl sites for hydroxylation is 1. The normalized spacial score (nSPS) is 14.6. The monoisotopic (exact) mass is 453 g/mol. The maximum Gasteiger partial charge on any atom is 0.250 e. The van der Waals surface area contributed by atoms with E-state index in [4.69, 9.17) is 9.73 Å². The summed E-state index contributed by atoms with van der Waals surface area (Å²) in [6, 6.07) is 11.9. The van der Waals surface area contributed by atoms with Gasteiger partial charge in [-0.15, -0.1) is 0 Å². The number of nitrogens with zero attached hydrogens (tertiary/aromatic N) is 2. The predicted molar refractivity (Wildman–Crippen MR) is 121 cm³/mol. The molecule has 1 aliphatic heterocycles. The Balaban J connectivity index is 1.92. The maximum absolute atomic E-state index is 14.0. The molecule has 0 aliphatic carbocycles. The van der Waals surface area contributed by atoms with Crippen molar-refractivity contribution in [1.82, 2.24) is 4.57 Å². The molecular weight excluding hydrogens is 431 g/mol. The Labute approximate surface area is 187 Å². The Kier molecular flexibility index (Phi) is 6.08. The van der Waals surface area contributed by atoms with Gasteiger partial charge >= 0.3 is 0 Å². The minimum Gasteiger partial charge on any atom is -0.772 e. The van der Waals surface area contributed by atoms with Crippen molar-refractivity contribution in [2.75, 3.05) is 7.11 Å². The van der Waals surface area contributed by atoms with Crippen LogP contribution in [0, 0.1) is 5.82 Å². The summed E-state index contributed by atoms with van der Waals surface area (Å²) in [6.07, 6.45) is 2.14. The van der Waals surface area contributed by atoms with Gasteiger partial charge in [0.25, 0.3) is 5.56 Å². The molecule has 6 nitrogen and oxygen atoms in total. The highest BCUT2D eigenvalue weighted by molar-refractivity contribution is 7.79. The van der Waals surface area contributed by atoms with Gasteiger partial charge in [0.15, 0.2) is 11.6 Å². The minimum atomic E-state index is -2.18. The van der Waals surface area contributed by atoms with Gasteiger partial charge in [0.1, 0.15) is 0 Å². The van der Waals surface area contributed by atoms with Crippen LogP contribution in [-0.2, 0) is 31.1 Å². The molecule has 32 heavy (non-hydrogen) atoms. The van der Waals surface area contributed by atoms with E-state index >= 15 is 0 Å². The second-order valence-corrected chi connectivity index (χ2v) is 9.16. The first-order valence-corrected chi connectivity index (χ1v) is 11.2. The van der Waals surface area contributed by atoms with Gasteiger partial charge in [-0.2, -0.15) is 0 Å². The van der Waals surface area contributed by atoms with Gasteiger partial charge in [0.05, 0.1) is 19.4 Å². The molecule has 2 heterocycles. The zero-order valence-electron chi connectivity index (χ0n) is 17.9. The van der Waals surface area contributed by atoms with E-state index in [1.54, 1.807) is 38.4 Å². The second-order valence-electron chi connectivity index (χ2n) is 7.83. The number of aliphatic imine (C=N–C) groups is 1. The summed E-state index contributed by atoms with van der Waals surface area (Å²) in [5.41, 5.74) is 5.34. The number of halogens is 1. The molecule has 1 aliphatic rings.